The highest BCUT2D eigenvalue weighted by Gasteiger charge is 2.17. The van der Waals surface area contributed by atoms with Crippen LogP contribution in [0.4, 0.5) is 10.7 Å². The molecular weight excluding hydrogens is 318 g/mol. The predicted octanol–water partition coefficient (Wildman–Crippen LogP) is 3.08. The van der Waals surface area contributed by atoms with Crippen molar-refractivity contribution in [3.63, 3.8) is 0 Å². The van der Waals surface area contributed by atoms with Crippen LogP contribution in [-0.2, 0) is 0 Å². The van der Waals surface area contributed by atoms with Crippen molar-refractivity contribution in [2.75, 3.05) is 19.0 Å². The summed E-state index contributed by atoms with van der Waals surface area (Å²) in [4.78, 5) is 11.9. The number of hydrogen-bond acceptors (Lipinski definition) is 4. The number of urea groups is 1. The molecule has 25 heavy (non-hydrogen) atoms. The van der Waals surface area contributed by atoms with Gasteiger partial charge in [0.2, 0.25) is 5.95 Å². The molecule has 0 saturated carbocycles. The smallest absolute Gasteiger partial charge is 0.321 e. The summed E-state index contributed by atoms with van der Waals surface area (Å²) < 4.78 is 7.00. The highest BCUT2D eigenvalue weighted by atomic mass is 16.5. The van der Waals surface area contributed by atoms with Crippen molar-refractivity contribution < 1.29 is 9.53 Å². The normalized spacial score (nSPS) is 10.3. The van der Waals surface area contributed by atoms with Gasteiger partial charge in [0.25, 0.3) is 0 Å². The van der Waals surface area contributed by atoms with Gasteiger partial charge in [0.05, 0.1) is 12.8 Å². The predicted molar refractivity (Wildman–Crippen MR) is 96.0 cm³/mol. The monoisotopic (exact) mass is 337 g/mol. The summed E-state index contributed by atoms with van der Waals surface area (Å²) in [6, 6.07) is 16.8. The number of rotatable bonds is 5. The van der Waals surface area contributed by atoms with E-state index < -0.39 is 0 Å². The molecule has 2 amide bonds. The molecule has 0 fully saturated rings. The Morgan fingerprint density at radius 2 is 1.80 bits per heavy atom. The summed E-state index contributed by atoms with van der Waals surface area (Å²) in [5.74, 6) is 1.73. The third kappa shape index (κ3) is 3.60. The molecule has 0 aliphatic rings. The Hall–Kier alpha value is -3.35. The Morgan fingerprint density at radius 3 is 2.44 bits per heavy atom. The van der Waals surface area contributed by atoms with Gasteiger partial charge < -0.3 is 10.1 Å². The molecule has 0 saturated heterocycles. The SMILES string of the molecule is CCNC(=O)Nc1nnc(-c2ccccc2)n1-c1ccc(OC)cc1. The van der Waals surface area contributed by atoms with E-state index >= 15 is 0 Å². The Bertz CT molecular complexity index is 844. The number of hydrogen-bond donors (Lipinski definition) is 2. The number of nitrogens with zero attached hydrogens (tertiary/aromatic N) is 3. The fourth-order valence-electron chi connectivity index (χ4n) is 2.42. The second-order valence-electron chi connectivity index (χ2n) is 5.23. The van der Waals surface area contributed by atoms with Crippen LogP contribution in [0.15, 0.2) is 54.6 Å². The van der Waals surface area contributed by atoms with E-state index in [2.05, 4.69) is 20.8 Å². The molecule has 7 nitrogen and oxygen atoms in total. The van der Waals surface area contributed by atoms with Crippen molar-refractivity contribution in [1.29, 1.82) is 0 Å². The zero-order chi connectivity index (χ0) is 17.6. The van der Waals surface area contributed by atoms with E-state index in [0.29, 0.717) is 18.3 Å². The Labute approximate surface area is 145 Å². The Kier molecular flexibility index (Phi) is 4.94. The third-order valence-electron chi connectivity index (χ3n) is 3.59. The molecule has 0 aliphatic heterocycles. The Balaban J connectivity index is 2.07. The molecular formula is C18H19N5O2. The number of aromatic nitrogens is 3. The highest BCUT2D eigenvalue weighted by Crippen LogP contribution is 2.26. The van der Waals surface area contributed by atoms with Crippen LogP contribution in [-0.4, -0.2) is 34.5 Å². The molecule has 0 bridgehead atoms. The maximum Gasteiger partial charge on any atom is 0.321 e. The fourth-order valence-corrected chi connectivity index (χ4v) is 2.42. The van der Waals surface area contributed by atoms with Gasteiger partial charge in [-0.15, -0.1) is 10.2 Å². The van der Waals surface area contributed by atoms with Crippen LogP contribution in [0.3, 0.4) is 0 Å². The highest BCUT2D eigenvalue weighted by molar-refractivity contribution is 5.88. The van der Waals surface area contributed by atoms with Gasteiger partial charge in [-0.1, -0.05) is 30.3 Å². The first-order chi connectivity index (χ1) is 12.2. The van der Waals surface area contributed by atoms with Gasteiger partial charge in [0.15, 0.2) is 5.82 Å². The molecule has 0 spiro atoms. The molecule has 128 valence electrons. The van der Waals surface area contributed by atoms with Gasteiger partial charge in [-0.25, -0.2) is 4.79 Å². The minimum atomic E-state index is -0.329. The number of nitrogens with one attached hydrogen (secondary N) is 2. The second-order valence-corrected chi connectivity index (χ2v) is 5.23. The van der Waals surface area contributed by atoms with Crippen molar-refractivity contribution in [2.24, 2.45) is 0 Å². The molecule has 0 aliphatic carbocycles. The summed E-state index contributed by atoms with van der Waals surface area (Å²) >= 11 is 0. The van der Waals surface area contributed by atoms with Crippen LogP contribution in [0, 0.1) is 0 Å². The number of ether oxygens (including phenoxy) is 1. The van der Waals surface area contributed by atoms with E-state index in [1.807, 2.05) is 61.5 Å². The zero-order valence-electron chi connectivity index (χ0n) is 14.1. The van der Waals surface area contributed by atoms with Crippen LogP contribution in [0.2, 0.25) is 0 Å². The van der Waals surface area contributed by atoms with Crippen LogP contribution < -0.4 is 15.4 Å². The molecule has 0 radical (unpaired) electrons. The largest absolute Gasteiger partial charge is 0.497 e. The summed E-state index contributed by atoms with van der Waals surface area (Å²) in [6.45, 7) is 2.37. The fraction of sp³-hybridized carbons (Fsp3) is 0.167. The molecule has 7 heteroatoms. The number of benzene rings is 2. The van der Waals surface area contributed by atoms with Crippen LogP contribution in [0.25, 0.3) is 17.1 Å². The molecule has 2 aromatic carbocycles. The topological polar surface area (TPSA) is 81.1 Å². The number of carbonyl (C=O) groups excluding carboxylic acids is 1. The van der Waals surface area contributed by atoms with E-state index in [-0.39, 0.29) is 6.03 Å². The summed E-state index contributed by atoms with van der Waals surface area (Å²) in [6.07, 6.45) is 0. The number of anilines is 1. The second kappa shape index (κ2) is 7.48. The van der Waals surface area contributed by atoms with E-state index in [4.69, 9.17) is 4.74 Å². The first kappa shape index (κ1) is 16.5. The lowest BCUT2D eigenvalue weighted by Gasteiger charge is -2.12. The summed E-state index contributed by atoms with van der Waals surface area (Å²) in [7, 11) is 1.62. The van der Waals surface area contributed by atoms with Crippen LogP contribution in [0.5, 0.6) is 5.75 Å². The lowest BCUT2D eigenvalue weighted by Crippen LogP contribution is -2.29. The van der Waals surface area contributed by atoms with Crippen molar-refractivity contribution >= 4 is 12.0 Å². The lowest BCUT2D eigenvalue weighted by molar-refractivity contribution is 0.252. The zero-order valence-corrected chi connectivity index (χ0v) is 14.1. The minimum Gasteiger partial charge on any atom is -0.497 e. The average Bonchev–Trinajstić information content (AvgIpc) is 3.06. The maximum absolute atomic E-state index is 11.9. The van der Waals surface area contributed by atoms with Crippen molar-refractivity contribution in [3.8, 4) is 22.8 Å². The first-order valence-corrected chi connectivity index (χ1v) is 7.93. The van der Waals surface area contributed by atoms with E-state index in [0.717, 1.165) is 17.0 Å². The van der Waals surface area contributed by atoms with Gasteiger partial charge >= 0.3 is 6.03 Å². The van der Waals surface area contributed by atoms with Crippen LogP contribution >= 0.6 is 0 Å². The average molecular weight is 337 g/mol. The first-order valence-electron chi connectivity index (χ1n) is 7.93. The molecule has 3 rings (SSSR count). The van der Waals surface area contributed by atoms with Gasteiger partial charge in [0, 0.05) is 12.1 Å². The van der Waals surface area contributed by atoms with E-state index in [1.54, 1.807) is 11.7 Å². The number of amides is 2. The lowest BCUT2D eigenvalue weighted by atomic mass is 10.2. The van der Waals surface area contributed by atoms with Gasteiger partial charge in [-0.05, 0) is 31.2 Å². The minimum absolute atomic E-state index is 0.329. The van der Waals surface area contributed by atoms with Crippen molar-refractivity contribution in [1.82, 2.24) is 20.1 Å². The van der Waals surface area contributed by atoms with E-state index in [9.17, 15) is 4.79 Å². The maximum atomic E-state index is 11.9. The number of carbonyl (C=O) groups is 1. The number of methoxy groups -OCH3 is 1. The molecule has 0 unspecified atom stereocenters. The molecule has 1 aromatic heterocycles. The molecule has 3 aromatic rings. The van der Waals surface area contributed by atoms with Crippen molar-refractivity contribution in [2.45, 2.75) is 6.92 Å². The quantitative estimate of drug-likeness (QED) is 0.750. The summed E-state index contributed by atoms with van der Waals surface area (Å²) in [5.41, 5.74) is 1.71. The molecule has 0 atom stereocenters. The van der Waals surface area contributed by atoms with Gasteiger partial charge in [-0.3, -0.25) is 9.88 Å². The van der Waals surface area contributed by atoms with Gasteiger partial charge in [0.1, 0.15) is 5.75 Å². The summed E-state index contributed by atoms with van der Waals surface area (Å²) in [5, 5.41) is 13.8. The van der Waals surface area contributed by atoms with Crippen molar-refractivity contribution in [3.05, 3.63) is 54.6 Å². The standard InChI is InChI=1S/C18H19N5O2/c1-3-19-18(24)20-17-22-21-16(13-7-5-4-6-8-13)23(17)14-9-11-15(25-2)12-10-14/h4-12H,3H2,1-2H3,(H2,19,20,22,24). The Morgan fingerprint density at radius 1 is 1.08 bits per heavy atom. The van der Waals surface area contributed by atoms with Crippen LogP contribution in [0.1, 0.15) is 6.92 Å². The molecule has 1 heterocycles. The molecule has 2 N–H and O–H groups in total. The van der Waals surface area contributed by atoms with Gasteiger partial charge in [-0.2, -0.15) is 0 Å². The third-order valence-corrected chi connectivity index (χ3v) is 3.59. The van der Waals surface area contributed by atoms with E-state index in [1.165, 1.54) is 0 Å².